The number of benzene rings is 3. The molecule has 0 saturated heterocycles. The minimum atomic E-state index is -0.231. The summed E-state index contributed by atoms with van der Waals surface area (Å²) in [5.41, 5.74) is 6.86. The maximum Gasteiger partial charge on any atom is 0.291 e. The normalized spacial score (nSPS) is 10.7. The van der Waals surface area contributed by atoms with Crippen LogP contribution in [0, 0.1) is 13.8 Å². The Bertz CT molecular complexity index is 1150. The molecule has 4 nitrogen and oxygen atoms in total. The van der Waals surface area contributed by atoms with E-state index in [4.69, 9.17) is 4.98 Å². The van der Waals surface area contributed by atoms with Crippen LogP contribution in [0.3, 0.4) is 0 Å². The van der Waals surface area contributed by atoms with Crippen molar-refractivity contribution in [3.05, 3.63) is 95.8 Å². The van der Waals surface area contributed by atoms with E-state index in [9.17, 15) is 4.79 Å². The van der Waals surface area contributed by atoms with Crippen molar-refractivity contribution in [1.29, 1.82) is 0 Å². The van der Waals surface area contributed by atoms with Gasteiger partial charge in [-0.15, -0.1) is 0 Å². The van der Waals surface area contributed by atoms with Crippen molar-refractivity contribution < 1.29 is 6.22 Å². The summed E-state index contributed by atoms with van der Waals surface area (Å²) >= 11 is 0. The molecule has 0 aliphatic heterocycles. The van der Waals surface area contributed by atoms with Crippen molar-refractivity contribution in [3.63, 3.8) is 0 Å². The van der Waals surface area contributed by atoms with Gasteiger partial charge in [-0.3, -0.25) is 4.79 Å². The number of carbonyl (C=O) groups is 1. The summed E-state index contributed by atoms with van der Waals surface area (Å²) in [4.78, 5) is 17.7. The van der Waals surface area contributed by atoms with Gasteiger partial charge in [0.05, 0.1) is 11.4 Å². The van der Waals surface area contributed by atoms with Gasteiger partial charge in [-0.2, -0.15) is 0 Å². The number of imidazole rings is 1. The SMILES string of the molecule is Cc1ccc(-c2nc(C(=O)Nc3ccccc3)n(C)c2-c2ccc(C)cc2)cc1.[HH]. The van der Waals surface area contributed by atoms with E-state index in [0.717, 1.165) is 28.2 Å². The summed E-state index contributed by atoms with van der Waals surface area (Å²) in [5, 5.41) is 2.94. The maximum atomic E-state index is 13.0. The van der Waals surface area contributed by atoms with Crippen LogP contribution in [0.15, 0.2) is 78.9 Å². The Hall–Kier alpha value is -3.66. The van der Waals surface area contributed by atoms with Crippen LogP contribution in [0.5, 0.6) is 0 Å². The molecule has 0 fully saturated rings. The first kappa shape index (κ1) is 18.7. The van der Waals surface area contributed by atoms with Gasteiger partial charge in [0, 0.05) is 25.3 Å². The molecule has 29 heavy (non-hydrogen) atoms. The number of amides is 1. The Balaban J connectivity index is 0.00000256. The first-order valence-electron chi connectivity index (χ1n) is 9.60. The second-order valence-corrected chi connectivity index (χ2v) is 7.24. The van der Waals surface area contributed by atoms with E-state index in [1.165, 1.54) is 11.1 Å². The fraction of sp³-hybridized carbons (Fsp3) is 0.120. The molecule has 3 aromatic carbocycles. The number of anilines is 1. The zero-order valence-corrected chi connectivity index (χ0v) is 16.8. The molecule has 0 bridgehead atoms. The molecule has 0 spiro atoms. The van der Waals surface area contributed by atoms with E-state index in [2.05, 4.69) is 55.6 Å². The van der Waals surface area contributed by atoms with Crippen LogP contribution in [0.25, 0.3) is 22.5 Å². The lowest BCUT2D eigenvalue weighted by atomic mass is 10.0. The quantitative estimate of drug-likeness (QED) is 0.479. The topological polar surface area (TPSA) is 46.9 Å². The van der Waals surface area contributed by atoms with Gasteiger partial charge in [0.15, 0.2) is 5.82 Å². The average molecular weight is 383 g/mol. The van der Waals surface area contributed by atoms with E-state index in [1.54, 1.807) is 0 Å². The van der Waals surface area contributed by atoms with Gasteiger partial charge in [-0.1, -0.05) is 77.9 Å². The van der Waals surface area contributed by atoms with Crippen molar-refractivity contribution in [2.24, 2.45) is 7.05 Å². The predicted octanol–water partition coefficient (Wildman–Crippen LogP) is 5.87. The largest absolute Gasteiger partial charge is 0.322 e. The number of carbonyl (C=O) groups excluding carboxylic acids is 1. The predicted molar refractivity (Wildman–Crippen MR) is 120 cm³/mol. The number of aromatic nitrogens is 2. The third-order valence-corrected chi connectivity index (χ3v) is 4.98. The molecule has 1 heterocycles. The highest BCUT2D eigenvalue weighted by molar-refractivity contribution is 6.03. The molecule has 0 saturated carbocycles. The highest BCUT2D eigenvalue weighted by Crippen LogP contribution is 2.33. The van der Waals surface area contributed by atoms with E-state index >= 15 is 0 Å². The maximum absolute atomic E-state index is 13.0. The van der Waals surface area contributed by atoms with Crippen LogP contribution in [0.4, 0.5) is 5.69 Å². The molecule has 0 radical (unpaired) electrons. The lowest BCUT2D eigenvalue weighted by Gasteiger charge is -2.09. The Kier molecular flexibility index (Phi) is 5.00. The number of nitrogens with zero attached hydrogens (tertiary/aromatic N) is 2. The van der Waals surface area contributed by atoms with Crippen LogP contribution in [-0.2, 0) is 7.05 Å². The molecule has 0 atom stereocenters. The van der Waals surface area contributed by atoms with Crippen LogP contribution < -0.4 is 5.32 Å². The Morgan fingerprint density at radius 2 is 1.38 bits per heavy atom. The minimum absolute atomic E-state index is 0. The monoisotopic (exact) mass is 383 g/mol. The van der Waals surface area contributed by atoms with Gasteiger partial charge in [-0.05, 0) is 26.0 Å². The smallest absolute Gasteiger partial charge is 0.291 e. The molecule has 4 heteroatoms. The van der Waals surface area contributed by atoms with E-state index in [-0.39, 0.29) is 7.33 Å². The molecular formula is C25H25N3O. The van der Waals surface area contributed by atoms with Gasteiger partial charge < -0.3 is 9.88 Å². The number of para-hydroxylation sites is 1. The first-order chi connectivity index (χ1) is 14.0. The molecule has 146 valence electrons. The molecule has 0 aliphatic rings. The minimum Gasteiger partial charge on any atom is -0.322 e. The molecule has 0 unspecified atom stereocenters. The highest BCUT2D eigenvalue weighted by atomic mass is 16.2. The summed E-state index contributed by atoms with van der Waals surface area (Å²) < 4.78 is 1.87. The van der Waals surface area contributed by atoms with Crippen LogP contribution in [0.2, 0.25) is 0 Å². The third kappa shape index (κ3) is 3.83. The fourth-order valence-electron chi connectivity index (χ4n) is 3.36. The molecule has 0 aliphatic carbocycles. The second kappa shape index (κ2) is 7.76. The van der Waals surface area contributed by atoms with Crippen molar-refractivity contribution in [1.82, 2.24) is 9.55 Å². The van der Waals surface area contributed by atoms with Gasteiger partial charge in [0.2, 0.25) is 0 Å². The number of hydrogen-bond donors (Lipinski definition) is 1. The standard InChI is InChI=1S/C25H23N3O.H2/c1-17-9-13-19(14-10-17)22-23(20-15-11-18(2)12-16-20)28(3)24(27-22)25(29)26-21-7-5-4-6-8-21;/h4-16H,1-3H3,(H,26,29);1H. The Morgan fingerprint density at radius 3 is 1.97 bits per heavy atom. The van der Waals surface area contributed by atoms with Crippen LogP contribution in [-0.4, -0.2) is 15.5 Å². The summed E-state index contributed by atoms with van der Waals surface area (Å²) in [6.07, 6.45) is 0. The molecule has 4 aromatic rings. The van der Waals surface area contributed by atoms with Gasteiger partial charge in [-0.25, -0.2) is 4.98 Å². The highest BCUT2D eigenvalue weighted by Gasteiger charge is 2.22. The van der Waals surface area contributed by atoms with Crippen molar-refractivity contribution in [3.8, 4) is 22.5 Å². The Labute approximate surface area is 172 Å². The second-order valence-electron chi connectivity index (χ2n) is 7.24. The summed E-state index contributed by atoms with van der Waals surface area (Å²) in [7, 11) is 1.89. The van der Waals surface area contributed by atoms with E-state index in [0.29, 0.717) is 5.82 Å². The molecule has 1 amide bonds. The van der Waals surface area contributed by atoms with E-state index in [1.807, 2.05) is 54.1 Å². The lowest BCUT2D eigenvalue weighted by molar-refractivity contribution is 0.101. The number of hydrogen-bond acceptors (Lipinski definition) is 2. The number of rotatable bonds is 4. The summed E-state index contributed by atoms with van der Waals surface area (Å²) in [5.74, 6) is 0.144. The van der Waals surface area contributed by atoms with Gasteiger partial charge in [0.1, 0.15) is 0 Å². The Morgan fingerprint density at radius 1 is 0.828 bits per heavy atom. The molecule has 4 rings (SSSR count). The zero-order chi connectivity index (χ0) is 20.4. The summed E-state index contributed by atoms with van der Waals surface area (Å²) in [6, 6.07) is 25.9. The molecular weight excluding hydrogens is 358 g/mol. The van der Waals surface area contributed by atoms with Crippen molar-refractivity contribution in [2.75, 3.05) is 5.32 Å². The van der Waals surface area contributed by atoms with E-state index < -0.39 is 0 Å². The van der Waals surface area contributed by atoms with Crippen LogP contribution in [0.1, 0.15) is 23.2 Å². The van der Waals surface area contributed by atoms with Crippen LogP contribution >= 0.6 is 0 Å². The van der Waals surface area contributed by atoms with Gasteiger partial charge >= 0.3 is 0 Å². The number of nitrogens with one attached hydrogen (secondary N) is 1. The molecule has 1 N–H and O–H groups in total. The summed E-state index contributed by atoms with van der Waals surface area (Å²) in [6.45, 7) is 4.12. The first-order valence-corrected chi connectivity index (χ1v) is 9.60. The van der Waals surface area contributed by atoms with Gasteiger partial charge in [0.25, 0.3) is 5.91 Å². The van der Waals surface area contributed by atoms with Crippen molar-refractivity contribution >= 4 is 11.6 Å². The fourth-order valence-corrected chi connectivity index (χ4v) is 3.36. The van der Waals surface area contributed by atoms with Crippen molar-refractivity contribution in [2.45, 2.75) is 13.8 Å². The molecule has 1 aromatic heterocycles. The zero-order valence-electron chi connectivity index (χ0n) is 16.8. The number of aryl methyl sites for hydroxylation is 2. The lowest BCUT2D eigenvalue weighted by Crippen LogP contribution is -2.17. The third-order valence-electron chi connectivity index (χ3n) is 4.98. The average Bonchev–Trinajstić information content (AvgIpc) is 3.07.